The Hall–Kier alpha value is -3.93. The highest BCUT2D eigenvalue weighted by molar-refractivity contribution is 6.39. The van der Waals surface area contributed by atoms with Crippen molar-refractivity contribution in [1.29, 1.82) is 0 Å². The smallest absolute Gasteiger partial charge is 0.318 e. The number of hydrogen-bond donors (Lipinski definition) is 1. The first-order valence-corrected chi connectivity index (χ1v) is 10.0. The Morgan fingerprint density at radius 3 is 2.29 bits per heavy atom. The van der Waals surface area contributed by atoms with Crippen LogP contribution in [0, 0.1) is 27.7 Å². The molecule has 4 amide bonds. The Morgan fingerprint density at radius 1 is 0.871 bits per heavy atom. The van der Waals surface area contributed by atoms with Gasteiger partial charge in [-0.1, -0.05) is 30.3 Å². The van der Waals surface area contributed by atoms with Gasteiger partial charge in [0.15, 0.2) is 0 Å². The standard InChI is InChI=1S/C25H23N3O3/c1-15-9-8-12-22(17(15)3)27-16(2)13-19(18(27)4)14-21-23(29)26-25(31)28(24(21)30)20-10-6-5-7-11-20/h5-14H,1-4H3,(H,26,29,31)/b21-14+. The molecule has 3 aromatic rings. The number of nitrogens with zero attached hydrogens (tertiary/aromatic N) is 2. The molecule has 1 aromatic heterocycles. The number of carbonyl (C=O) groups is 3. The minimum Gasteiger partial charge on any atom is -0.318 e. The van der Waals surface area contributed by atoms with Gasteiger partial charge >= 0.3 is 6.03 Å². The lowest BCUT2D eigenvalue weighted by atomic mass is 10.1. The number of carbonyl (C=O) groups excluding carboxylic acids is 3. The lowest BCUT2D eigenvalue weighted by Crippen LogP contribution is -2.54. The lowest BCUT2D eigenvalue weighted by Gasteiger charge is -2.26. The van der Waals surface area contributed by atoms with Crippen molar-refractivity contribution in [3.05, 3.63) is 88.2 Å². The molecule has 4 rings (SSSR count). The van der Waals surface area contributed by atoms with Crippen molar-refractivity contribution >= 4 is 29.6 Å². The van der Waals surface area contributed by atoms with Crippen molar-refractivity contribution in [2.45, 2.75) is 27.7 Å². The highest BCUT2D eigenvalue weighted by Crippen LogP contribution is 2.27. The zero-order chi connectivity index (χ0) is 22.3. The lowest BCUT2D eigenvalue weighted by molar-refractivity contribution is -0.122. The summed E-state index contributed by atoms with van der Waals surface area (Å²) < 4.78 is 2.11. The van der Waals surface area contributed by atoms with Crippen LogP contribution in [0.2, 0.25) is 0 Å². The van der Waals surface area contributed by atoms with E-state index < -0.39 is 17.8 Å². The second-order valence-corrected chi connectivity index (χ2v) is 7.67. The Kier molecular flexibility index (Phi) is 5.07. The molecule has 0 saturated carbocycles. The van der Waals surface area contributed by atoms with Crippen molar-refractivity contribution in [3.63, 3.8) is 0 Å². The van der Waals surface area contributed by atoms with Crippen LogP contribution < -0.4 is 10.2 Å². The van der Waals surface area contributed by atoms with E-state index in [1.165, 1.54) is 5.56 Å². The number of benzene rings is 2. The molecular weight excluding hydrogens is 390 g/mol. The van der Waals surface area contributed by atoms with Crippen LogP contribution in [0.25, 0.3) is 11.8 Å². The molecule has 1 N–H and O–H groups in total. The van der Waals surface area contributed by atoms with E-state index in [9.17, 15) is 14.4 Å². The minimum atomic E-state index is -0.751. The van der Waals surface area contributed by atoms with E-state index in [1.807, 2.05) is 32.0 Å². The zero-order valence-electron chi connectivity index (χ0n) is 17.9. The van der Waals surface area contributed by atoms with Crippen molar-refractivity contribution in [2.24, 2.45) is 0 Å². The maximum atomic E-state index is 13.1. The number of nitrogens with one attached hydrogen (secondary N) is 1. The quantitative estimate of drug-likeness (QED) is 0.512. The van der Waals surface area contributed by atoms with Gasteiger partial charge in [-0.05, 0) is 74.7 Å². The number of hydrogen-bond acceptors (Lipinski definition) is 3. The zero-order valence-corrected chi connectivity index (χ0v) is 17.9. The molecule has 6 heteroatoms. The molecule has 31 heavy (non-hydrogen) atoms. The molecule has 2 heterocycles. The van der Waals surface area contributed by atoms with Crippen LogP contribution in [-0.4, -0.2) is 22.4 Å². The summed E-state index contributed by atoms with van der Waals surface area (Å²) in [7, 11) is 0. The van der Waals surface area contributed by atoms with Crippen molar-refractivity contribution in [2.75, 3.05) is 4.90 Å². The van der Waals surface area contributed by atoms with Crippen molar-refractivity contribution in [3.8, 4) is 5.69 Å². The molecule has 156 valence electrons. The molecular formula is C25H23N3O3. The fourth-order valence-corrected chi connectivity index (χ4v) is 3.91. The van der Waals surface area contributed by atoms with E-state index in [0.29, 0.717) is 5.69 Å². The average Bonchev–Trinajstić information content (AvgIpc) is 3.01. The Balaban J connectivity index is 1.79. The summed E-state index contributed by atoms with van der Waals surface area (Å²) in [5.74, 6) is -1.34. The van der Waals surface area contributed by atoms with E-state index in [1.54, 1.807) is 36.4 Å². The molecule has 2 aromatic carbocycles. The van der Waals surface area contributed by atoms with Crippen LogP contribution in [0.4, 0.5) is 10.5 Å². The van der Waals surface area contributed by atoms with Gasteiger partial charge in [0.05, 0.1) is 5.69 Å². The van der Waals surface area contributed by atoms with Gasteiger partial charge < -0.3 is 4.57 Å². The first-order chi connectivity index (χ1) is 14.8. The van der Waals surface area contributed by atoms with Gasteiger partial charge in [-0.25, -0.2) is 9.69 Å². The fraction of sp³-hybridized carbons (Fsp3) is 0.160. The predicted octanol–water partition coefficient (Wildman–Crippen LogP) is 4.38. The van der Waals surface area contributed by atoms with Gasteiger partial charge in [0, 0.05) is 17.1 Å². The molecule has 0 spiro atoms. The van der Waals surface area contributed by atoms with Gasteiger partial charge in [-0.15, -0.1) is 0 Å². The second-order valence-electron chi connectivity index (χ2n) is 7.67. The van der Waals surface area contributed by atoms with Crippen LogP contribution in [-0.2, 0) is 9.59 Å². The number of para-hydroxylation sites is 1. The van der Waals surface area contributed by atoms with E-state index in [-0.39, 0.29) is 5.57 Å². The SMILES string of the molecule is Cc1cccc(-n2c(C)cc(/C=C3\C(=O)NC(=O)N(c4ccccc4)C3=O)c2C)c1C. The molecule has 0 aliphatic carbocycles. The van der Waals surface area contributed by atoms with Crippen molar-refractivity contribution < 1.29 is 14.4 Å². The summed E-state index contributed by atoms with van der Waals surface area (Å²) in [4.78, 5) is 38.9. The third-order valence-electron chi connectivity index (χ3n) is 5.70. The average molecular weight is 413 g/mol. The summed E-state index contributed by atoms with van der Waals surface area (Å²) >= 11 is 0. The highest BCUT2D eigenvalue weighted by atomic mass is 16.2. The number of urea groups is 1. The van der Waals surface area contributed by atoms with E-state index in [2.05, 4.69) is 29.8 Å². The van der Waals surface area contributed by atoms with Crippen LogP contribution >= 0.6 is 0 Å². The summed E-state index contributed by atoms with van der Waals surface area (Å²) in [6.45, 7) is 8.07. The van der Waals surface area contributed by atoms with E-state index >= 15 is 0 Å². The topological polar surface area (TPSA) is 71.4 Å². The van der Waals surface area contributed by atoms with Gasteiger partial charge in [0.25, 0.3) is 11.8 Å². The maximum absolute atomic E-state index is 13.1. The molecule has 0 radical (unpaired) electrons. The third-order valence-corrected chi connectivity index (χ3v) is 5.70. The predicted molar refractivity (Wildman–Crippen MR) is 120 cm³/mol. The van der Waals surface area contributed by atoms with Crippen molar-refractivity contribution in [1.82, 2.24) is 9.88 Å². The number of imide groups is 2. The Labute approximate surface area is 180 Å². The number of aryl methyl sites for hydroxylation is 2. The molecule has 1 aliphatic rings. The van der Waals surface area contributed by atoms with Crippen LogP contribution in [0.1, 0.15) is 28.1 Å². The normalized spacial score (nSPS) is 15.5. The summed E-state index contributed by atoms with van der Waals surface area (Å²) in [6.07, 6.45) is 1.56. The van der Waals surface area contributed by atoms with Gasteiger partial charge in [-0.3, -0.25) is 14.9 Å². The Morgan fingerprint density at radius 2 is 1.58 bits per heavy atom. The molecule has 6 nitrogen and oxygen atoms in total. The van der Waals surface area contributed by atoms with Crippen LogP contribution in [0.3, 0.4) is 0 Å². The number of amides is 4. The first kappa shape index (κ1) is 20.3. The fourth-order valence-electron chi connectivity index (χ4n) is 3.91. The summed E-state index contributed by atoms with van der Waals surface area (Å²) in [5.41, 5.74) is 6.37. The monoisotopic (exact) mass is 413 g/mol. The van der Waals surface area contributed by atoms with E-state index in [0.717, 1.165) is 33.1 Å². The van der Waals surface area contributed by atoms with Crippen LogP contribution in [0.15, 0.2) is 60.2 Å². The largest absolute Gasteiger partial charge is 0.335 e. The van der Waals surface area contributed by atoms with Gasteiger partial charge in [0.2, 0.25) is 0 Å². The molecule has 0 unspecified atom stereocenters. The number of aromatic nitrogens is 1. The number of barbiturate groups is 1. The third kappa shape index (κ3) is 3.46. The Bertz CT molecular complexity index is 1250. The molecule has 0 atom stereocenters. The highest BCUT2D eigenvalue weighted by Gasteiger charge is 2.36. The number of rotatable bonds is 3. The minimum absolute atomic E-state index is 0.0790. The van der Waals surface area contributed by atoms with Gasteiger partial charge in [-0.2, -0.15) is 0 Å². The van der Waals surface area contributed by atoms with E-state index in [4.69, 9.17) is 0 Å². The summed E-state index contributed by atoms with van der Waals surface area (Å²) in [6, 6.07) is 15.9. The van der Waals surface area contributed by atoms with Gasteiger partial charge in [0.1, 0.15) is 5.57 Å². The summed E-state index contributed by atoms with van der Waals surface area (Å²) in [5, 5.41) is 2.27. The first-order valence-electron chi connectivity index (χ1n) is 10.0. The molecule has 1 saturated heterocycles. The number of anilines is 1. The van der Waals surface area contributed by atoms with Crippen LogP contribution in [0.5, 0.6) is 0 Å². The molecule has 1 fully saturated rings. The molecule has 1 aliphatic heterocycles. The second kappa shape index (κ2) is 7.72. The maximum Gasteiger partial charge on any atom is 0.335 e. The molecule has 0 bridgehead atoms.